The maximum absolute atomic E-state index is 13.6. The van der Waals surface area contributed by atoms with Gasteiger partial charge in [0.05, 0.1) is 18.9 Å². The van der Waals surface area contributed by atoms with Crippen molar-refractivity contribution in [1.29, 1.82) is 0 Å². The summed E-state index contributed by atoms with van der Waals surface area (Å²) in [5.41, 5.74) is -0.0726. The van der Waals surface area contributed by atoms with E-state index >= 15 is 0 Å². The lowest BCUT2D eigenvalue weighted by Crippen LogP contribution is -2.22. The number of halogens is 1. The molecule has 1 aromatic rings. The third-order valence-electron chi connectivity index (χ3n) is 2.49. The molecule has 6 nitrogen and oxygen atoms in total. The van der Waals surface area contributed by atoms with E-state index in [0.717, 1.165) is 12.1 Å². The van der Waals surface area contributed by atoms with Gasteiger partial charge in [0.25, 0.3) is 0 Å². The molecule has 0 aromatic heterocycles. The van der Waals surface area contributed by atoms with Crippen molar-refractivity contribution in [2.45, 2.75) is 25.0 Å². The van der Waals surface area contributed by atoms with E-state index in [1.165, 1.54) is 6.07 Å². The summed E-state index contributed by atoms with van der Waals surface area (Å²) in [6.45, 7) is 0. The fourth-order valence-corrected chi connectivity index (χ4v) is 1.59. The van der Waals surface area contributed by atoms with Crippen LogP contribution in [0.5, 0.6) is 0 Å². The first-order valence-corrected chi connectivity index (χ1v) is 5.39. The molecule has 0 spiro atoms. The minimum absolute atomic E-state index is 0.202. The Kier molecular flexibility index (Phi) is 4.96. The van der Waals surface area contributed by atoms with Crippen molar-refractivity contribution >= 4 is 11.9 Å². The Morgan fingerprint density at radius 2 is 1.79 bits per heavy atom. The van der Waals surface area contributed by atoms with Gasteiger partial charge in [0.2, 0.25) is 0 Å². The molecule has 1 aromatic carbocycles. The Hall–Kier alpha value is -1.99. The van der Waals surface area contributed by atoms with Crippen LogP contribution in [0.4, 0.5) is 4.39 Å². The minimum atomic E-state index is -1.69. The van der Waals surface area contributed by atoms with Crippen LogP contribution in [-0.4, -0.2) is 38.5 Å². The highest BCUT2D eigenvalue weighted by atomic mass is 19.1. The number of carboxylic acids is 2. The zero-order valence-corrected chi connectivity index (χ0v) is 9.78. The van der Waals surface area contributed by atoms with Crippen molar-refractivity contribution in [3.05, 3.63) is 35.1 Å². The highest BCUT2D eigenvalue weighted by Gasteiger charge is 2.24. The first kappa shape index (κ1) is 15.1. The average Bonchev–Trinajstić information content (AvgIpc) is 2.26. The van der Waals surface area contributed by atoms with Crippen molar-refractivity contribution in [2.24, 2.45) is 0 Å². The van der Waals surface area contributed by atoms with Gasteiger partial charge in [0, 0.05) is 5.56 Å². The van der Waals surface area contributed by atoms with E-state index < -0.39 is 36.4 Å². The molecule has 7 heteroatoms. The van der Waals surface area contributed by atoms with E-state index in [4.69, 9.17) is 10.2 Å². The molecule has 0 saturated carbocycles. The van der Waals surface area contributed by atoms with Gasteiger partial charge < -0.3 is 20.4 Å². The van der Waals surface area contributed by atoms with E-state index in [0.29, 0.717) is 0 Å². The van der Waals surface area contributed by atoms with Gasteiger partial charge in [0.15, 0.2) is 0 Å². The summed E-state index contributed by atoms with van der Waals surface area (Å²) in [7, 11) is 0. The van der Waals surface area contributed by atoms with Crippen LogP contribution in [-0.2, 0) is 16.0 Å². The van der Waals surface area contributed by atoms with Crippen LogP contribution in [0.3, 0.4) is 0 Å². The topological polar surface area (TPSA) is 115 Å². The molecule has 1 rings (SSSR count). The third kappa shape index (κ3) is 4.31. The molecule has 19 heavy (non-hydrogen) atoms. The number of aliphatic hydroxyl groups is 2. The molecular formula is C12H13FO6. The molecule has 0 aliphatic rings. The van der Waals surface area contributed by atoms with E-state index in [9.17, 15) is 24.2 Å². The molecule has 4 N–H and O–H groups in total. The van der Waals surface area contributed by atoms with Gasteiger partial charge in [-0.2, -0.15) is 0 Å². The highest BCUT2D eigenvalue weighted by molar-refractivity contribution is 5.70. The maximum atomic E-state index is 13.6. The molecule has 0 saturated heterocycles. The van der Waals surface area contributed by atoms with Gasteiger partial charge in [0.1, 0.15) is 11.9 Å². The average molecular weight is 272 g/mol. The van der Waals surface area contributed by atoms with Gasteiger partial charge in [-0.15, -0.1) is 0 Å². The molecule has 0 radical (unpaired) electrons. The molecular weight excluding hydrogens is 259 g/mol. The Morgan fingerprint density at radius 3 is 2.26 bits per heavy atom. The van der Waals surface area contributed by atoms with E-state index in [-0.39, 0.29) is 17.5 Å². The summed E-state index contributed by atoms with van der Waals surface area (Å²) < 4.78 is 13.6. The summed E-state index contributed by atoms with van der Waals surface area (Å²) in [4.78, 5) is 20.8. The SMILES string of the molecule is O=C(O)Cc1ccc(C(O)C(O)CC(=O)O)c(F)c1. The largest absolute Gasteiger partial charge is 0.481 e. The number of carbonyl (C=O) groups is 2. The van der Waals surface area contributed by atoms with Crippen molar-refractivity contribution < 1.29 is 34.4 Å². The Morgan fingerprint density at radius 1 is 1.16 bits per heavy atom. The number of aliphatic hydroxyl groups excluding tert-OH is 2. The van der Waals surface area contributed by atoms with Crippen molar-refractivity contribution in [1.82, 2.24) is 0 Å². The van der Waals surface area contributed by atoms with E-state index in [1.807, 2.05) is 0 Å². The van der Waals surface area contributed by atoms with Gasteiger partial charge in [-0.25, -0.2) is 4.39 Å². The number of hydrogen-bond donors (Lipinski definition) is 4. The summed E-state index contributed by atoms with van der Waals surface area (Å²) >= 11 is 0. The maximum Gasteiger partial charge on any atom is 0.307 e. The van der Waals surface area contributed by atoms with Crippen LogP contribution in [0, 0.1) is 5.82 Å². The van der Waals surface area contributed by atoms with Crippen LogP contribution in [0.2, 0.25) is 0 Å². The first-order valence-electron chi connectivity index (χ1n) is 5.39. The molecule has 0 aliphatic carbocycles. The van der Waals surface area contributed by atoms with Gasteiger partial charge in [-0.1, -0.05) is 12.1 Å². The Bertz CT molecular complexity index is 487. The second kappa shape index (κ2) is 6.26. The standard InChI is InChI=1S/C12H13FO6/c13-8-3-6(4-10(15)16)1-2-7(8)12(19)9(14)5-11(17)18/h1-3,9,12,14,19H,4-5H2,(H,15,16)(H,17,18). The lowest BCUT2D eigenvalue weighted by atomic mass is 9.99. The third-order valence-corrected chi connectivity index (χ3v) is 2.49. The minimum Gasteiger partial charge on any atom is -0.481 e. The van der Waals surface area contributed by atoms with Crippen LogP contribution < -0.4 is 0 Å². The van der Waals surface area contributed by atoms with Gasteiger partial charge in [-0.3, -0.25) is 9.59 Å². The van der Waals surface area contributed by atoms with Crippen molar-refractivity contribution in [3.8, 4) is 0 Å². The van der Waals surface area contributed by atoms with Crippen LogP contribution in [0.1, 0.15) is 23.7 Å². The van der Waals surface area contributed by atoms with Gasteiger partial charge >= 0.3 is 11.9 Å². The fraction of sp³-hybridized carbons (Fsp3) is 0.333. The molecule has 0 amide bonds. The summed E-state index contributed by atoms with van der Waals surface area (Å²) in [6.07, 6.45) is -4.42. The summed E-state index contributed by atoms with van der Waals surface area (Å²) in [5.74, 6) is -3.34. The Labute approximate surface area is 107 Å². The van der Waals surface area contributed by atoms with Crippen molar-refractivity contribution in [3.63, 3.8) is 0 Å². The molecule has 104 valence electrons. The Balaban J connectivity index is 2.89. The molecule has 2 atom stereocenters. The first-order chi connectivity index (χ1) is 8.81. The van der Waals surface area contributed by atoms with E-state index in [1.54, 1.807) is 0 Å². The number of aliphatic carboxylic acids is 2. The highest BCUT2D eigenvalue weighted by Crippen LogP contribution is 2.23. The van der Waals surface area contributed by atoms with Crippen molar-refractivity contribution in [2.75, 3.05) is 0 Å². The monoisotopic (exact) mass is 272 g/mol. The second-order valence-electron chi connectivity index (χ2n) is 4.04. The quantitative estimate of drug-likeness (QED) is 0.593. The molecule has 2 unspecified atom stereocenters. The number of carboxylic acid groups (broad SMARTS) is 2. The normalized spacial score (nSPS) is 13.8. The predicted molar refractivity (Wildman–Crippen MR) is 61.0 cm³/mol. The van der Waals surface area contributed by atoms with Crippen LogP contribution in [0.15, 0.2) is 18.2 Å². The number of hydrogen-bond acceptors (Lipinski definition) is 4. The summed E-state index contributed by atoms with van der Waals surface area (Å²) in [5, 5.41) is 36.0. The molecule has 0 bridgehead atoms. The van der Waals surface area contributed by atoms with Gasteiger partial charge in [-0.05, 0) is 11.6 Å². The summed E-state index contributed by atoms with van der Waals surface area (Å²) in [6, 6.07) is 3.35. The predicted octanol–water partition coefficient (Wildman–Crippen LogP) is 0.322. The van der Waals surface area contributed by atoms with Crippen LogP contribution in [0.25, 0.3) is 0 Å². The molecule has 0 aliphatic heterocycles. The zero-order valence-electron chi connectivity index (χ0n) is 9.78. The molecule has 0 fully saturated rings. The number of rotatable bonds is 6. The van der Waals surface area contributed by atoms with E-state index in [2.05, 4.69) is 0 Å². The van der Waals surface area contributed by atoms with Crippen LogP contribution >= 0.6 is 0 Å². The lowest BCUT2D eigenvalue weighted by Gasteiger charge is -2.17. The second-order valence-corrected chi connectivity index (χ2v) is 4.04. The fourth-order valence-electron chi connectivity index (χ4n) is 1.59. The smallest absolute Gasteiger partial charge is 0.307 e. The molecule has 0 heterocycles. The number of benzene rings is 1. The lowest BCUT2D eigenvalue weighted by molar-refractivity contribution is -0.141. The zero-order chi connectivity index (χ0) is 14.6.